The van der Waals surface area contributed by atoms with Gasteiger partial charge in [0.15, 0.2) is 0 Å². The van der Waals surface area contributed by atoms with Crippen molar-refractivity contribution in [3.63, 3.8) is 0 Å². The molecule has 1 aromatic heterocycles. The first kappa shape index (κ1) is 9.08. The molecule has 2 nitrogen and oxygen atoms in total. The van der Waals surface area contributed by atoms with Gasteiger partial charge >= 0.3 is 0 Å². The normalized spacial score (nSPS) is 9.33. The molecule has 64 valence electrons. The van der Waals surface area contributed by atoms with Crippen molar-refractivity contribution in [3.05, 3.63) is 17.5 Å². The topological polar surface area (TPSA) is 27.0 Å². The highest BCUT2D eigenvalue weighted by Crippen LogP contribution is 2.19. The molecule has 3 heteroatoms. The first-order valence-corrected chi connectivity index (χ1v) is 4.84. The molecule has 0 aliphatic heterocycles. The molecule has 0 fully saturated rings. The van der Waals surface area contributed by atoms with Crippen LogP contribution in [-0.4, -0.2) is 13.6 Å². The van der Waals surface area contributed by atoms with Crippen molar-refractivity contribution in [2.45, 2.75) is 12.8 Å². The van der Waals surface area contributed by atoms with E-state index in [-0.39, 0.29) is 0 Å². The number of hydrogen-bond donors (Lipinski definition) is 0. The van der Waals surface area contributed by atoms with E-state index in [4.69, 9.17) is 5.26 Å². The molecule has 1 heterocycles. The van der Waals surface area contributed by atoms with E-state index in [0.29, 0.717) is 6.42 Å². The Kier molecular flexibility index (Phi) is 3.62. The maximum Gasteiger partial charge on any atom is 0.0905 e. The van der Waals surface area contributed by atoms with E-state index < -0.39 is 0 Å². The highest BCUT2D eigenvalue weighted by molar-refractivity contribution is 7.14. The number of thiophene rings is 1. The smallest absolute Gasteiger partial charge is 0.0905 e. The molecule has 0 aliphatic rings. The zero-order chi connectivity index (χ0) is 8.81. The molecule has 0 unspecified atom stereocenters. The summed E-state index contributed by atoms with van der Waals surface area (Å²) in [7, 11) is 2.06. The van der Waals surface area contributed by atoms with Crippen LogP contribution in [0.1, 0.15) is 12.8 Å². The number of rotatable bonds is 4. The predicted molar refractivity (Wildman–Crippen MR) is 52.4 cm³/mol. The van der Waals surface area contributed by atoms with Crippen molar-refractivity contribution >= 4 is 16.3 Å². The molecule has 0 spiro atoms. The number of anilines is 1. The molecule has 0 atom stereocenters. The second-order valence-electron chi connectivity index (χ2n) is 2.63. The second kappa shape index (κ2) is 4.78. The van der Waals surface area contributed by atoms with Crippen LogP contribution in [0.15, 0.2) is 17.5 Å². The minimum atomic E-state index is 0.649. The largest absolute Gasteiger partial charge is 0.366 e. The molecule has 0 aliphatic carbocycles. The van der Waals surface area contributed by atoms with Crippen LogP contribution >= 0.6 is 11.3 Å². The fourth-order valence-corrected chi connectivity index (χ4v) is 1.72. The Labute approximate surface area is 77.0 Å². The molecule has 0 radical (unpaired) electrons. The van der Waals surface area contributed by atoms with Gasteiger partial charge in [-0.3, -0.25) is 0 Å². The Balaban J connectivity index is 2.30. The zero-order valence-corrected chi connectivity index (χ0v) is 7.97. The third-order valence-electron chi connectivity index (χ3n) is 1.66. The average molecular weight is 180 g/mol. The molecule has 1 aromatic rings. The van der Waals surface area contributed by atoms with Crippen LogP contribution in [0.4, 0.5) is 5.00 Å². The van der Waals surface area contributed by atoms with Crippen LogP contribution in [0.2, 0.25) is 0 Å². The standard InChI is InChI=1S/C9H12N2S/c1-11(7-3-2-6-10)9-5-4-8-12-9/h4-5,8H,2-3,7H2,1H3. The van der Waals surface area contributed by atoms with Crippen LogP contribution in [0.3, 0.4) is 0 Å². The first-order valence-electron chi connectivity index (χ1n) is 3.96. The highest BCUT2D eigenvalue weighted by Gasteiger charge is 1.99. The summed E-state index contributed by atoms with van der Waals surface area (Å²) in [6.07, 6.45) is 1.60. The van der Waals surface area contributed by atoms with Gasteiger partial charge < -0.3 is 4.90 Å². The molecular formula is C9H12N2S. The van der Waals surface area contributed by atoms with E-state index in [1.54, 1.807) is 11.3 Å². The number of nitrogens with zero attached hydrogens (tertiary/aromatic N) is 2. The van der Waals surface area contributed by atoms with Gasteiger partial charge in [0.05, 0.1) is 11.1 Å². The monoisotopic (exact) mass is 180 g/mol. The average Bonchev–Trinajstić information content (AvgIpc) is 2.56. The van der Waals surface area contributed by atoms with Crippen molar-refractivity contribution in [1.29, 1.82) is 5.26 Å². The molecule has 0 saturated carbocycles. The van der Waals surface area contributed by atoms with Gasteiger partial charge in [0.1, 0.15) is 0 Å². The van der Waals surface area contributed by atoms with E-state index in [1.807, 2.05) is 6.07 Å². The van der Waals surface area contributed by atoms with Crippen LogP contribution < -0.4 is 4.90 Å². The lowest BCUT2D eigenvalue weighted by Gasteiger charge is -2.15. The van der Waals surface area contributed by atoms with E-state index in [9.17, 15) is 0 Å². The fourth-order valence-electron chi connectivity index (χ4n) is 0.993. The van der Waals surface area contributed by atoms with Gasteiger partial charge in [-0.1, -0.05) is 0 Å². The molecular weight excluding hydrogens is 168 g/mol. The Bertz CT molecular complexity index is 248. The maximum absolute atomic E-state index is 8.34. The Hall–Kier alpha value is -1.01. The van der Waals surface area contributed by atoms with Gasteiger partial charge in [-0.25, -0.2) is 0 Å². The lowest BCUT2D eigenvalue weighted by Crippen LogP contribution is -2.16. The Morgan fingerprint density at radius 2 is 2.50 bits per heavy atom. The Morgan fingerprint density at radius 3 is 3.08 bits per heavy atom. The van der Waals surface area contributed by atoms with E-state index >= 15 is 0 Å². The number of unbranched alkanes of at least 4 members (excludes halogenated alkanes) is 1. The number of hydrogen-bond acceptors (Lipinski definition) is 3. The second-order valence-corrected chi connectivity index (χ2v) is 3.56. The summed E-state index contributed by atoms with van der Waals surface area (Å²) >= 11 is 1.73. The van der Waals surface area contributed by atoms with Gasteiger partial charge in [0.2, 0.25) is 0 Å². The summed E-state index contributed by atoms with van der Waals surface area (Å²) in [5, 5.41) is 11.7. The molecule has 0 aromatic carbocycles. The van der Waals surface area contributed by atoms with Gasteiger partial charge in [-0.05, 0) is 23.9 Å². The molecule has 1 rings (SSSR count). The molecule has 0 amide bonds. The van der Waals surface area contributed by atoms with E-state index in [1.165, 1.54) is 5.00 Å². The summed E-state index contributed by atoms with van der Waals surface area (Å²) in [5.41, 5.74) is 0. The van der Waals surface area contributed by atoms with Crippen molar-refractivity contribution < 1.29 is 0 Å². The van der Waals surface area contributed by atoms with E-state index in [2.05, 4.69) is 29.5 Å². The van der Waals surface area contributed by atoms with Crippen molar-refractivity contribution in [2.24, 2.45) is 0 Å². The minimum absolute atomic E-state index is 0.649. The van der Waals surface area contributed by atoms with Crippen molar-refractivity contribution in [3.8, 4) is 6.07 Å². The van der Waals surface area contributed by atoms with Crippen LogP contribution in [-0.2, 0) is 0 Å². The lowest BCUT2D eigenvalue weighted by atomic mass is 10.3. The summed E-state index contributed by atoms with van der Waals surface area (Å²) in [5.74, 6) is 0. The zero-order valence-electron chi connectivity index (χ0n) is 7.16. The third kappa shape index (κ3) is 2.55. The fraction of sp³-hybridized carbons (Fsp3) is 0.444. The summed E-state index contributed by atoms with van der Waals surface area (Å²) in [4.78, 5) is 2.18. The summed E-state index contributed by atoms with van der Waals surface area (Å²) < 4.78 is 0. The predicted octanol–water partition coefficient (Wildman–Crippen LogP) is 2.49. The van der Waals surface area contributed by atoms with E-state index in [0.717, 1.165) is 13.0 Å². The highest BCUT2D eigenvalue weighted by atomic mass is 32.1. The molecule has 0 bridgehead atoms. The summed E-state index contributed by atoms with van der Waals surface area (Å²) in [6.45, 7) is 0.966. The lowest BCUT2D eigenvalue weighted by molar-refractivity contribution is 0.812. The number of nitriles is 1. The molecule has 0 saturated heterocycles. The molecule has 12 heavy (non-hydrogen) atoms. The summed E-state index contributed by atoms with van der Waals surface area (Å²) in [6, 6.07) is 6.28. The minimum Gasteiger partial charge on any atom is -0.366 e. The SMILES string of the molecule is CN(CCCC#N)c1cccs1. The van der Waals surface area contributed by atoms with Gasteiger partial charge in [0.25, 0.3) is 0 Å². The van der Waals surface area contributed by atoms with Gasteiger partial charge in [0, 0.05) is 20.0 Å². The van der Waals surface area contributed by atoms with Crippen LogP contribution in [0, 0.1) is 11.3 Å². The quantitative estimate of drug-likeness (QED) is 0.666. The van der Waals surface area contributed by atoms with Gasteiger partial charge in [-0.2, -0.15) is 5.26 Å². The third-order valence-corrected chi connectivity index (χ3v) is 2.65. The van der Waals surface area contributed by atoms with Crippen molar-refractivity contribution in [2.75, 3.05) is 18.5 Å². The maximum atomic E-state index is 8.34. The first-order chi connectivity index (χ1) is 5.84. The van der Waals surface area contributed by atoms with Crippen LogP contribution in [0.25, 0.3) is 0 Å². The van der Waals surface area contributed by atoms with Crippen molar-refractivity contribution in [1.82, 2.24) is 0 Å². The Morgan fingerprint density at radius 1 is 1.67 bits per heavy atom. The molecule has 0 N–H and O–H groups in total. The van der Waals surface area contributed by atoms with Gasteiger partial charge in [-0.15, -0.1) is 11.3 Å². The van der Waals surface area contributed by atoms with Crippen LogP contribution in [0.5, 0.6) is 0 Å².